The summed E-state index contributed by atoms with van der Waals surface area (Å²) in [5.74, 6) is -0.567. The molecular formula is C13H19FN2O2. The number of nitrogens with two attached hydrogens (primary N) is 1. The van der Waals surface area contributed by atoms with Gasteiger partial charge in [-0.25, -0.2) is 4.39 Å². The van der Waals surface area contributed by atoms with Crippen molar-refractivity contribution in [3.63, 3.8) is 0 Å². The van der Waals surface area contributed by atoms with Crippen LogP contribution in [-0.2, 0) is 4.79 Å². The van der Waals surface area contributed by atoms with Gasteiger partial charge in [0.15, 0.2) is 11.6 Å². The van der Waals surface area contributed by atoms with Crippen LogP contribution in [0.5, 0.6) is 5.75 Å². The predicted octanol–water partition coefficient (Wildman–Crippen LogP) is 2.15. The van der Waals surface area contributed by atoms with Gasteiger partial charge in [0.1, 0.15) is 0 Å². The van der Waals surface area contributed by atoms with Crippen molar-refractivity contribution in [3.8, 4) is 5.75 Å². The van der Waals surface area contributed by atoms with E-state index in [2.05, 4.69) is 5.32 Å². The first-order valence-corrected chi connectivity index (χ1v) is 5.84. The van der Waals surface area contributed by atoms with Crippen LogP contribution in [0.25, 0.3) is 0 Å². The second-order valence-electron chi connectivity index (χ2n) is 4.62. The lowest BCUT2D eigenvalue weighted by atomic mass is 9.92. The number of benzene rings is 1. The summed E-state index contributed by atoms with van der Waals surface area (Å²) < 4.78 is 18.6. The molecule has 0 aliphatic heterocycles. The summed E-state index contributed by atoms with van der Waals surface area (Å²) >= 11 is 0. The van der Waals surface area contributed by atoms with Crippen molar-refractivity contribution < 1.29 is 13.9 Å². The number of hydrogen-bond donors (Lipinski definition) is 2. The largest absolute Gasteiger partial charge is 0.491 e. The number of carbonyl (C=O) groups excluding carboxylic acids is 1. The number of hydrogen-bond acceptors (Lipinski definition) is 3. The van der Waals surface area contributed by atoms with Crippen molar-refractivity contribution in [2.75, 3.05) is 18.5 Å². The van der Waals surface area contributed by atoms with Crippen molar-refractivity contribution in [2.45, 2.75) is 20.8 Å². The molecule has 5 heteroatoms. The molecule has 0 spiro atoms. The normalized spacial score (nSPS) is 11.2. The summed E-state index contributed by atoms with van der Waals surface area (Å²) in [5.41, 5.74) is 5.21. The zero-order valence-corrected chi connectivity index (χ0v) is 10.9. The summed E-state index contributed by atoms with van der Waals surface area (Å²) in [6.45, 7) is 5.85. The van der Waals surface area contributed by atoms with E-state index in [-0.39, 0.29) is 18.2 Å². The average Bonchev–Trinajstić information content (AvgIpc) is 2.32. The Kier molecular flexibility index (Phi) is 4.67. The summed E-state index contributed by atoms with van der Waals surface area (Å²) in [7, 11) is 0. The van der Waals surface area contributed by atoms with E-state index in [1.807, 2.05) is 0 Å². The smallest absolute Gasteiger partial charge is 0.231 e. The first-order chi connectivity index (χ1) is 8.40. The zero-order valence-electron chi connectivity index (χ0n) is 10.9. The molecule has 0 aliphatic rings. The molecule has 0 aromatic heterocycles. The van der Waals surface area contributed by atoms with Gasteiger partial charge in [0.2, 0.25) is 5.91 Å². The van der Waals surface area contributed by atoms with E-state index in [0.717, 1.165) is 0 Å². The Morgan fingerprint density at radius 3 is 2.67 bits per heavy atom. The Balaban J connectivity index is 2.81. The molecule has 1 rings (SSSR count). The zero-order chi connectivity index (χ0) is 13.8. The molecule has 18 heavy (non-hydrogen) atoms. The molecule has 1 amide bonds. The van der Waals surface area contributed by atoms with E-state index >= 15 is 0 Å². The number of carbonyl (C=O) groups is 1. The van der Waals surface area contributed by atoms with Gasteiger partial charge in [-0.05, 0) is 32.9 Å². The molecule has 0 heterocycles. The van der Waals surface area contributed by atoms with Crippen molar-refractivity contribution in [1.82, 2.24) is 0 Å². The second kappa shape index (κ2) is 5.82. The first kappa shape index (κ1) is 14.4. The highest BCUT2D eigenvalue weighted by molar-refractivity contribution is 5.95. The third-order valence-corrected chi connectivity index (χ3v) is 2.61. The Morgan fingerprint density at radius 1 is 1.50 bits per heavy atom. The minimum Gasteiger partial charge on any atom is -0.491 e. The molecular weight excluding hydrogens is 235 g/mol. The third-order valence-electron chi connectivity index (χ3n) is 2.61. The molecule has 0 saturated heterocycles. The van der Waals surface area contributed by atoms with Crippen LogP contribution in [0.1, 0.15) is 20.8 Å². The van der Waals surface area contributed by atoms with Crippen LogP contribution >= 0.6 is 0 Å². The maximum absolute atomic E-state index is 13.6. The van der Waals surface area contributed by atoms with E-state index in [1.54, 1.807) is 26.8 Å². The van der Waals surface area contributed by atoms with Gasteiger partial charge in [0.05, 0.1) is 12.0 Å². The van der Waals surface area contributed by atoms with E-state index in [9.17, 15) is 9.18 Å². The highest BCUT2D eigenvalue weighted by atomic mass is 19.1. The molecule has 1 aromatic carbocycles. The van der Waals surface area contributed by atoms with Gasteiger partial charge in [0, 0.05) is 18.3 Å². The van der Waals surface area contributed by atoms with Crippen LogP contribution in [0.4, 0.5) is 10.1 Å². The highest BCUT2D eigenvalue weighted by Crippen LogP contribution is 2.23. The topological polar surface area (TPSA) is 64.3 Å². The molecule has 0 saturated carbocycles. The average molecular weight is 254 g/mol. The monoisotopic (exact) mass is 254 g/mol. The van der Waals surface area contributed by atoms with Crippen molar-refractivity contribution in [1.29, 1.82) is 0 Å². The van der Waals surface area contributed by atoms with Crippen LogP contribution in [0.15, 0.2) is 18.2 Å². The number of rotatable bonds is 5. The Morgan fingerprint density at radius 2 is 2.17 bits per heavy atom. The van der Waals surface area contributed by atoms with Crippen LogP contribution in [0.3, 0.4) is 0 Å². The maximum Gasteiger partial charge on any atom is 0.231 e. The molecule has 0 atom stereocenters. The Labute approximate surface area is 106 Å². The standard InChI is InChI=1S/C13H19FN2O2/c1-4-18-11-6-5-9(7-10(11)14)16-12(17)13(2,3)8-15/h5-7H,4,8,15H2,1-3H3,(H,16,17). The molecule has 3 N–H and O–H groups in total. The highest BCUT2D eigenvalue weighted by Gasteiger charge is 2.25. The van der Waals surface area contributed by atoms with Gasteiger partial charge >= 0.3 is 0 Å². The fourth-order valence-corrected chi connectivity index (χ4v) is 1.24. The molecule has 0 bridgehead atoms. The van der Waals surface area contributed by atoms with Crippen molar-refractivity contribution in [2.24, 2.45) is 11.1 Å². The fourth-order valence-electron chi connectivity index (χ4n) is 1.24. The van der Waals surface area contributed by atoms with Gasteiger partial charge in [-0.1, -0.05) is 0 Å². The lowest BCUT2D eigenvalue weighted by molar-refractivity contribution is -0.123. The summed E-state index contributed by atoms with van der Waals surface area (Å²) in [6, 6.07) is 4.32. The molecule has 4 nitrogen and oxygen atoms in total. The second-order valence-corrected chi connectivity index (χ2v) is 4.62. The first-order valence-electron chi connectivity index (χ1n) is 5.84. The lowest BCUT2D eigenvalue weighted by Crippen LogP contribution is -2.37. The number of anilines is 1. The molecule has 1 aromatic rings. The van der Waals surface area contributed by atoms with Crippen LogP contribution in [-0.4, -0.2) is 19.1 Å². The third kappa shape index (κ3) is 3.43. The van der Waals surface area contributed by atoms with Gasteiger partial charge in [-0.15, -0.1) is 0 Å². The molecule has 100 valence electrons. The van der Waals surface area contributed by atoms with Crippen molar-refractivity contribution in [3.05, 3.63) is 24.0 Å². The summed E-state index contributed by atoms with van der Waals surface area (Å²) in [5, 5.41) is 2.63. The number of nitrogens with one attached hydrogen (secondary N) is 1. The predicted molar refractivity (Wildman–Crippen MR) is 69.0 cm³/mol. The van der Waals surface area contributed by atoms with Crippen LogP contribution in [0, 0.1) is 11.2 Å². The van der Waals surface area contributed by atoms with Gasteiger partial charge < -0.3 is 15.8 Å². The minimum atomic E-state index is -0.685. The van der Waals surface area contributed by atoms with Gasteiger partial charge in [-0.2, -0.15) is 0 Å². The van der Waals surface area contributed by atoms with E-state index < -0.39 is 11.2 Å². The van der Waals surface area contributed by atoms with E-state index in [1.165, 1.54) is 12.1 Å². The van der Waals surface area contributed by atoms with E-state index in [0.29, 0.717) is 12.3 Å². The molecule has 0 unspecified atom stereocenters. The number of halogens is 1. The van der Waals surface area contributed by atoms with E-state index in [4.69, 9.17) is 10.5 Å². The quantitative estimate of drug-likeness (QED) is 0.846. The summed E-state index contributed by atoms with van der Waals surface area (Å²) in [4.78, 5) is 11.8. The van der Waals surface area contributed by atoms with Crippen LogP contribution in [0.2, 0.25) is 0 Å². The maximum atomic E-state index is 13.6. The number of ether oxygens (including phenoxy) is 1. The van der Waals surface area contributed by atoms with Crippen molar-refractivity contribution >= 4 is 11.6 Å². The SMILES string of the molecule is CCOc1ccc(NC(=O)C(C)(C)CN)cc1F. The molecule has 0 fully saturated rings. The fraction of sp³-hybridized carbons (Fsp3) is 0.462. The van der Waals surface area contributed by atoms with Gasteiger partial charge in [0.25, 0.3) is 0 Å². The van der Waals surface area contributed by atoms with Gasteiger partial charge in [-0.3, -0.25) is 4.79 Å². The molecule has 0 radical (unpaired) electrons. The van der Waals surface area contributed by atoms with Crippen LogP contribution < -0.4 is 15.8 Å². The minimum absolute atomic E-state index is 0.175. The Hall–Kier alpha value is -1.62. The summed E-state index contributed by atoms with van der Waals surface area (Å²) in [6.07, 6.45) is 0. The lowest BCUT2D eigenvalue weighted by Gasteiger charge is -2.21. The molecule has 0 aliphatic carbocycles. The number of amides is 1. The Bertz CT molecular complexity index is 433.